The van der Waals surface area contributed by atoms with E-state index in [1.54, 1.807) is 12.2 Å². The summed E-state index contributed by atoms with van der Waals surface area (Å²) in [4.78, 5) is 24.2. The van der Waals surface area contributed by atoms with E-state index in [0.717, 1.165) is 12.0 Å². The molecule has 5 heteroatoms. The Labute approximate surface area is 153 Å². The van der Waals surface area contributed by atoms with E-state index >= 15 is 0 Å². The molecule has 4 aliphatic rings. The normalized spacial score (nSPS) is 49.9. The number of fused-ring (bicyclic) bond motifs is 5. The van der Waals surface area contributed by atoms with Gasteiger partial charge in [-0.3, -0.25) is 9.59 Å². The maximum absolute atomic E-state index is 12.3. The first-order valence-electron chi connectivity index (χ1n) is 9.66. The lowest BCUT2D eigenvalue weighted by molar-refractivity contribution is -0.169. The molecule has 0 aromatic rings. The zero-order valence-electron chi connectivity index (χ0n) is 15.4. The molecule has 142 valence electrons. The van der Waals surface area contributed by atoms with Crippen LogP contribution in [-0.4, -0.2) is 45.2 Å². The maximum Gasteiger partial charge on any atom is 0.190 e. The molecule has 0 radical (unpaired) electrons. The molecule has 5 nitrogen and oxygen atoms in total. The highest BCUT2D eigenvalue weighted by molar-refractivity contribution is 6.01. The van der Waals surface area contributed by atoms with E-state index in [0.29, 0.717) is 25.7 Å². The summed E-state index contributed by atoms with van der Waals surface area (Å²) in [6.45, 7) is 3.45. The van der Waals surface area contributed by atoms with Gasteiger partial charge < -0.3 is 15.3 Å². The number of rotatable bonds is 2. The average molecular weight is 360 g/mol. The fourth-order valence-electron chi connectivity index (χ4n) is 6.78. The number of ketones is 2. The summed E-state index contributed by atoms with van der Waals surface area (Å²) in [7, 11) is 0. The first-order valence-corrected chi connectivity index (χ1v) is 9.66. The minimum Gasteiger partial charge on any atom is -0.392 e. The van der Waals surface area contributed by atoms with E-state index in [-0.39, 0.29) is 29.0 Å². The molecule has 3 N–H and O–H groups in total. The van der Waals surface area contributed by atoms with Gasteiger partial charge in [-0.25, -0.2) is 0 Å². The summed E-state index contributed by atoms with van der Waals surface area (Å²) >= 11 is 0. The molecular formula is C21H28O5. The standard InChI is InChI=1S/C21H28O5/c1-19-6-3-13(23)9-12(19)10-16(24)18-14(19)4-7-20(2)15(18)5-8-21(20,26)17(25)11-22/h3,6,9,14-16,18,22,24,26H,4-5,7-8,10-11H2,1-2H3. The second kappa shape index (κ2) is 5.60. The molecule has 4 rings (SSSR count). The lowest BCUT2D eigenvalue weighted by Crippen LogP contribution is -2.60. The Morgan fingerprint density at radius 2 is 1.92 bits per heavy atom. The van der Waals surface area contributed by atoms with Crippen molar-refractivity contribution >= 4 is 11.6 Å². The smallest absolute Gasteiger partial charge is 0.190 e. The molecule has 0 aliphatic heterocycles. The van der Waals surface area contributed by atoms with Crippen molar-refractivity contribution in [3.63, 3.8) is 0 Å². The van der Waals surface area contributed by atoms with E-state index in [2.05, 4.69) is 6.92 Å². The zero-order chi connectivity index (χ0) is 18.9. The van der Waals surface area contributed by atoms with E-state index in [4.69, 9.17) is 0 Å². The van der Waals surface area contributed by atoms with Crippen molar-refractivity contribution < 1.29 is 24.9 Å². The second-order valence-electron chi connectivity index (χ2n) is 9.19. The van der Waals surface area contributed by atoms with Crippen molar-refractivity contribution in [2.24, 2.45) is 28.6 Å². The van der Waals surface area contributed by atoms with Crippen LogP contribution in [0.3, 0.4) is 0 Å². The number of hydrogen-bond acceptors (Lipinski definition) is 5. The fourth-order valence-corrected chi connectivity index (χ4v) is 6.78. The van der Waals surface area contributed by atoms with Gasteiger partial charge >= 0.3 is 0 Å². The molecule has 7 unspecified atom stereocenters. The van der Waals surface area contributed by atoms with Crippen LogP contribution < -0.4 is 0 Å². The van der Waals surface area contributed by atoms with Gasteiger partial charge in [0.1, 0.15) is 12.2 Å². The average Bonchev–Trinajstić information content (AvgIpc) is 2.88. The number of carbonyl (C=O) groups excluding carboxylic acids is 2. The number of aliphatic hydroxyl groups is 3. The Hall–Kier alpha value is -1.30. The minimum absolute atomic E-state index is 0.0192. The highest BCUT2D eigenvalue weighted by atomic mass is 16.3. The van der Waals surface area contributed by atoms with E-state index in [1.807, 2.05) is 13.0 Å². The topological polar surface area (TPSA) is 94.8 Å². The van der Waals surface area contributed by atoms with Gasteiger partial charge in [-0.1, -0.05) is 25.5 Å². The summed E-state index contributed by atoms with van der Waals surface area (Å²) < 4.78 is 0. The highest BCUT2D eigenvalue weighted by Gasteiger charge is 2.67. The van der Waals surface area contributed by atoms with Gasteiger partial charge in [-0.05, 0) is 62.0 Å². The number of Topliss-reactive ketones (excluding diaryl/α,β-unsaturated/α-hetero) is 1. The molecule has 0 aromatic heterocycles. The largest absolute Gasteiger partial charge is 0.392 e. The molecule has 0 spiro atoms. The third kappa shape index (κ3) is 2.08. The van der Waals surface area contributed by atoms with E-state index < -0.39 is 29.5 Å². The maximum atomic E-state index is 12.3. The Bertz CT molecular complexity index is 724. The number of allylic oxidation sites excluding steroid dienone is 3. The predicted octanol–water partition coefficient (Wildman–Crippen LogP) is 1.56. The van der Waals surface area contributed by atoms with E-state index in [9.17, 15) is 24.9 Å². The number of carbonyl (C=O) groups is 2. The van der Waals surface area contributed by atoms with Crippen LogP contribution in [0.2, 0.25) is 0 Å². The van der Waals surface area contributed by atoms with Gasteiger partial charge in [0.05, 0.1) is 6.10 Å². The molecule has 3 fully saturated rings. The van der Waals surface area contributed by atoms with Crippen molar-refractivity contribution in [1.29, 1.82) is 0 Å². The van der Waals surface area contributed by atoms with Gasteiger partial charge in [0.15, 0.2) is 11.6 Å². The van der Waals surface area contributed by atoms with Crippen molar-refractivity contribution in [2.75, 3.05) is 6.61 Å². The van der Waals surface area contributed by atoms with Crippen LogP contribution >= 0.6 is 0 Å². The van der Waals surface area contributed by atoms with Crippen LogP contribution in [0.1, 0.15) is 46.0 Å². The third-order valence-electron chi connectivity index (χ3n) is 8.33. The van der Waals surface area contributed by atoms with Gasteiger partial charge in [0.25, 0.3) is 0 Å². The lowest BCUT2D eigenvalue weighted by Gasteiger charge is -2.59. The molecule has 7 atom stereocenters. The molecule has 0 heterocycles. The molecule has 0 bridgehead atoms. The van der Waals surface area contributed by atoms with E-state index in [1.165, 1.54) is 0 Å². The molecule has 26 heavy (non-hydrogen) atoms. The van der Waals surface area contributed by atoms with Gasteiger partial charge in [0, 0.05) is 10.8 Å². The van der Waals surface area contributed by atoms with Crippen LogP contribution in [0.15, 0.2) is 23.8 Å². The van der Waals surface area contributed by atoms with Crippen molar-refractivity contribution in [3.05, 3.63) is 23.8 Å². The quantitative estimate of drug-likeness (QED) is 0.695. The van der Waals surface area contributed by atoms with Gasteiger partial charge in [-0.2, -0.15) is 0 Å². The Morgan fingerprint density at radius 1 is 1.23 bits per heavy atom. The summed E-state index contributed by atoms with van der Waals surface area (Å²) in [5, 5.41) is 31.5. The molecule has 0 amide bonds. The third-order valence-corrected chi connectivity index (χ3v) is 8.33. The second-order valence-corrected chi connectivity index (χ2v) is 9.19. The Balaban J connectivity index is 1.74. The van der Waals surface area contributed by atoms with Crippen LogP contribution in [0.5, 0.6) is 0 Å². The fraction of sp³-hybridized carbons (Fsp3) is 0.714. The van der Waals surface area contributed by atoms with Crippen LogP contribution in [0, 0.1) is 28.6 Å². The summed E-state index contributed by atoms with van der Waals surface area (Å²) in [6, 6.07) is 0. The minimum atomic E-state index is -1.51. The summed E-state index contributed by atoms with van der Waals surface area (Å²) in [6.07, 6.45) is 7.67. The molecular weight excluding hydrogens is 332 g/mol. The lowest BCUT2D eigenvalue weighted by atomic mass is 9.46. The summed E-state index contributed by atoms with van der Waals surface area (Å²) in [5.74, 6) is -0.323. The van der Waals surface area contributed by atoms with Crippen molar-refractivity contribution in [2.45, 2.75) is 57.7 Å². The first-order chi connectivity index (χ1) is 12.2. The SMILES string of the molecule is CC12C=CC(=O)C=C1CC(O)C1C2CCC2(C)C1CCC2(O)C(=O)CO. The Kier molecular flexibility index (Phi) is 3.89. The Morgan fingerprint density at radius 3 is 2.62 bits per heavy atom. The molecule has 4 aliphatic carbocycles. The van der Waals surface area contributed by atoms with Crippen molar-refractivity contribution in [3.8, 4) is 0 Å². The number of hydrogen-bond donors (Lipinski definition) is 3. The van der Waals surface area contributed by atoms with Crippen LogP contribution in [0.25, 0.3) is 0 Å². The van der Waals surface area contributed by atoms with Crippen molar-refractivity contribution in [1.82, 2.24) is 0 Å². The molecule has 0 saturated heterocycles. The first kappa shape index (κ1) is 18.1. The zero-order valence-corrected chi connectivity index (χ0v) is 15.4. The van der Waals surface area contributed by atoms with Gasteiger partial charge in [-0.15, -0.1) is 0 Å². The van der Waals surface area contributed by atoms with Crippen LogP contribution in [-0.2, 0) is 9.59 Å². The predicted molar refractivity (Wildman–Crippen MR) is 95.0 cm³/mol. The monoisotopic (exact) mass is 360 g/mol. The molecule has 3 saturated carbocycles. The van der Waals surface area contributed by atoms with Crippen LogP contribution in [0.4, 0.5) is 0 Å². The highest BCUT2D eigenvalue weighted by Crippen LogP contribution is 2.67. The molecule has 0 aromatic carbocycles. The number of aliphatic hydroxyl groups excluding tert-OH is 2. The van der Waals surface area contributed by atoms with Gasteiger partial charge in [0.2, 0.25) is 0 Å². The summed E-state index contributed by atoms with van der Waals surface area (Å²) in [5.41, 5.74) is -1.38.